The van der Waals surface area contributed by atoms with Crippen LogP contribution in [0.1, 0.15) is 0 Å². The molecule has 0 aromatic carbocycles. The van der Waals surface area contributed by atoms with Gasteiger partial charge < -0.3 is 4.98 Å². The van der Waals surface area contributed by atoms with Crippen molar-refractivity contribution in [1.29, 1.82) is 0 Å². The van der Waals surface area contributed by atoms with Gasteiger partial charge in [0.2, 0.25) is 15.0 Å². The Labute approximate surface area is 101 Å². The Morgan fingerprint density at radius 1 is 0.944 bits per heavy atom. The Balaban J connectivity index is 3.03. The summed E-state index contributed by atoms with van der Waals surface area (Å²) in [6, 6.07) is 0. The first-order valence-corrected chi connectivity index (χ1v) is 8.27. The average molecular weight is 292 g/mol. The van der Waals surface area contributed by atoms with Crippen LogP contribution in [0, 0.1) is 0 Å². The van der Waals surface area contributed by atoms with Gasteiger partial charge in [-0.05, 0) is 0 Å². The summed E-state index contributed by atoms with van der Waals surface area (Å²) in [5.74, 6) is 0. The van der Waals surface area contributed by atoms with Crippen molar-refractivity contribution in [3.05, 3.63) is 10.5 Å². The quantitative estimate of drug-likeness (QED) is 0.504. The highest BCUT2D eigenvalue weighted by atomic mass is 32.2. The van der Waals surface area contributed by atoms with E-state index < -0.39 is 35.5 Å². The smallest absolute Gasteiger partial charge is 0.302 e. The molecular weight excluding hydrogens is 284 g/mol. The Morgan fingerprint density at radius 2 is 1.56 bits per heavy atom. The first kappa shape index (κ1) is 12.7. The Hall–Kier alpha value is -1.75. The molecule has 0 saturated heterocycles. The first-order valence-electron chi connectivity index (χ1n) is 4.49. The summed E-state index contributed by atoms with van der Waals surface area (Å²) in [5, 5.41) is -1.20. The Bertz CT molecular complexity index is 890. The molecule has 2 rings (SSSR count). The maximum Gasteiger partial charge on any atom is 0.325 e. The van der Waals surface area contributed by atoms with Crippen LogP contribution < -0.4 is 5.69 Å². The van der Waals surface area contributed by atoms with E-state index >= 15 is 0 Å². The summed E-state index contributed by atoms with van der Waals surface area (Å²) < 4.78 is 45.7. The lowest BCUT2D eigenvalue weighted by Gasteiger charge is -2.01. The largest absolute Gasteiger partial charge is 0.325 e. The maximum absolute atomic E-state index is 11.5. The lowest BCUT2D eigenvalue weighted by molar-refractivity contribution is 0.587. The van der Waals surface area contributed by atoms with E-state index in [1.54, 1.807) is 0 Å². The maximum atomic E-state index is 11.5. The van der Waals surface area contributed by atoms with Gasteiger partial charge in [-0.3, -0.25) is 4.98 Å². The lowest BCUT2D eigenvalue weighted by Crippen LogP contribution is -2.10. The molecule has 0 bridgehead atoms. The molecule has 0 spiro atoms. The number of aromatic amines is 2. The van der Waals surface area contributed by atoms with Crippen LogP contribution in [0.25, 0.3) is 11.2 Å². The summed E-state index contributed by atoms with van der Waals surface area (Å²) in [6.45, 7) is 0. The molecule has 0 radical (unpaired) electrons. The minimum absolute atomic E-state index is 0.144. The average Bonchev–Trinajstić information content (AvgIpc) is 2.52. The number of aromatic nitrogens is 4. The normalized spacial score (nSPS) is 13.0. The molecule has 0 fully saturated rings. The van der Waals surface area contributed by atoms with Gasteiger partial charge in [-0.2, -0.15) is 4.98 Å². The fourth-order valence-electron chi connectivity index (χ4n) is 1.31. The number of hydrogen-bond donors (Lipinski definition) is 2. The van der Waals surface area contributed by atoms with E-state index in [9.17, 15) is 21.6 Å². The highest BCUT2D eigenvalue weighted by Gasteiger charge is 2.22. The van der Waals surface area contributed by atoms with Gasteiger partial charge in [0.15, 0.2) is 20.5 Å². The van der Waals surface area contributed by atoms with Crippen molar-refractivity contribution in [3.63, 3.8) is 0 Å². The molecule has 2 aromatic heterocycles. The van der Waals surface area contributed by atoms with Crippen molar-refractivity contribution in [3.8, 4) is 0 Å². The number of H-pyrrole nitrogens is 2. The highest BCUT2D eigenvalue weighted by Crippen LogP contribution is 2.17. The lowest BCUT2D eigenvalue weighted by atomic mass is 10.6. The van der Waals surface area contributed by atoms with E-state index in [1.807, 2.05) is 0 Å². The van der Waals surface area contributed by atoms with Crippen molar-refractivity contribution in [2.75, 3.05) is 12.5 Å². The van der Waals surface area contributed by atoms with Crippen LogP contribution in [0.2, 0.25) is 0 Å². The second kappa shape index (κ2) is 3.62. The topological polar surface area (TPSA) is 143 Å². The second-order valence-corrected chi connectivity index (χ2v) is 7.50. The van der Waals surface area contributed by atoms with Gasteiger partial charge in [-0.15, -0.1) is 0 Å². The van der Waals surface area contributed by atoms with E-state index in [0.717, 1.165) is 12.5 Å². The third kappa shape index (κ3) is 2.13. The fraction of sp³-hybridized carbons (Fsp3) is 0.286. The summed E-state index contributed by atoms with van der Waals surface area (Å²) in [5.41, 5.74) is -1.01. The number of rotatable bonds is 2. The molecule has 0 saturated carbocycles. The molecule has 98 valence electrons. The summed E-state index contributed by atoms with van der Waals surface area (Å²) in [7, 11) is -7.59. The molecule has 2 aromatic rings. The first-order chi connectivity index (χ1) is 8.09. The van der Waals surface area contributed by atoms with E-state index in [-0.39, 0.29) is 11.2 Å². The van der Waals surface area contributed by atoms with Gasteiger partial charge in [0, 0.05) is 12.5 Å². The molecule has 2 heterocycles. The molecule has 0 amide bonds. The monoisotopic (exact) mass is 292 g/mol. The molecule has 0 aliphatic rings. The van der Waals surface area contributed by atoms with E-state index in [0.29, 0.717) is 0 Å². The fourth-order valence-corrected chi connectivity index (χ4v) is 2.65. The third-order valence-electron chi connectivity index (χ3n) is 2.01. The van der Waals surface area contributed by atoms with Crippen LogP contribution in [-0.2, 0) is 19.7 Å². The van der Waals surface area contributed by atoms with Crippen LogP contribution in [0.15, 0.2) is 15.0 Å². The third-order valence-corrected chi connectivity index (χ3v) is 3.85. The molecule has 0 aliphatic carbocycles. The molecular formula is C7H8N4O5S2. The highest BCUT2D eigenvalue weighted by molar-refractivity contribution is 7.91. The van der Waals surface area contributed by atoms with Gasteiger partial charge in [-0.1, -0.05) is 0 Å². The number of imidazole rings is 1. The number of sulfone groups is 2. The SMILES string of the molecule is CS(=O)(=O)c1nc(S(C)(=O)=O)c2[nH]c(=O)[nH]c2n1. The van der Waals surface area contributed by atoms with Gasteiger partial charge in [0.05, 0.1) is 0 Å². The summed E-state index contributed by atoms with van der Waals surface area (Å²) in [6.07, 6.45) is 1.69. The van der Waals surface area contributed by atoms with Crippen LogP contribution in [0.5, 0.6) is 0 Å². The zero-order chi connectivity index (χ0) is 13.7. The second-order valence-electron chi connectivity index (χ2n) is 3.66. The number of fused-ring (bicyclic) bond motifs is 1. The van der Waals surface area contributed by atoms with Gasteiger partial charge in [0.25, 0.3) is 0 Å². The van der Waals surface area contributed by atoms with Crippen molar-refractivity contribution in [1.82, 2.24) is 19.9 Å². The zero-order valence-electron chi connectivity index (χ0n) is 9.25. The van der Waals surface area contributed by atoms with Crippen LogP contribution in [0.4, 0.5) is 0 Å². The van der Waals surface area contributed by atoms with Crippen molar-refractivity contribution >= 4 is 30.8 Å². The van der Waals surface area contributed by atoms with Gasteiger partial charge in [0.1, 0.15) is 5.52 Å². The van der Waals surface area contributed by atoms with Gasteiger partial charge in [-0.25, -0.2) is 26.6 Å². The summed E-state index contributed by atoms with van der Waals surface area (Å²) >= 11 is 0. The molecule has 9 nitrogen and oxygen atoms in total. The molecule has 2 N–H and O–H groups in total. The van der Waals surface area contributed by atoms with Crippen LogP contribution in [0.3, 0.4) is 0 Å². The standard InChI is InChI=1S/C7H8N4O5S2/c1-17(13,14)5-3-4(9-6(12)8-3)10-7(11-5)18(2,15)16/h1-2H3,(H2,8,9,10,11,12). The minimum atomic E-state index is -3.80. The minimum Gasteiger partial charge on any atom is -0.302 e. The van der Waals surface area contributed by atoms with Crippen LogP contribution in [-0.4, -0.2) is 49.3 Å². The number of hydrogen-bond acceptors (Lipinski definition) is 7. The Kier molecular flexibility index (Phi) is 2.55. The number of nitrogens with one attached hydrogen (secondary N) is 2. The Morgan fingerprint density at radius 3 is 2.06 bits per heavy atom. The van der Waals surface area contributed by atoms with Crippen LogP contribution >= 0.6 is 0 Å². The molecule has 0 aliphatic heterocycles. The van der Waals surface area contributed by atoms with E-state index in [2.05, 4.69) is 19.9 Å². The van der Waals surface area contributed by atoms with Crippen molar-refractivity contribution in [2.24, 2.45) is 0 Å². The zero-order valence-corrected chi connectivity index (χ0v) is 10.9. The van der Waals surface area contributed by atoms with Crippen molar-refractivity contribution in [2.45, 2.75) is 10.2 Å². The predicted octanol–water partition coefficient (Wildman–Crippen LogP) is -1.55. The van der Waals surface area contributed by atoms with E-state index in [4.69, 9.17) is 0 Å². The van der Waals surface area contributed by atoms with E-state index in [1.165, 1.54) is 0 Å². The number of nitrogens with zero attached hydrogens (tertiary/aromatic N) is 2. The van der Waals surface area contributed by atoms with Gasteiger partial charge >= 0.3 is 5.69 Å². The molecule has 18 heavy (non-hydrogen) atoms. The predicted molar refractivity (Wildman–Crippen MR) is 60.7 cm³/mol. The molecule has 0 unspecified atom stereocenters. The molecule has 11 heteroatoms. The summed E-state index contributed by atoms with van der Waals surface area (Å²) in [4.78, 5) is 22.6. The van der Waals surface area contributed by atoms with Crippen molar-refractivity contribution < 1.29 is 16.8 Å². The molecule has 0 atom stereocenters.